The first-order chi connectivity index (χ1) is 8.25. The zero-order valence-corrected chi connectivity index (χ0v) is 11.9. The maximum Gasteiger partial charge on any atom is 0.0699 e. The normalized spacial score (nSPS) is 22.4. The third-order valence-electron chi connectivity index (χ3n) is 3.30. The Morgan fingerprint density at radius 1 is 1.35 bits per heavy atom. The number of rotatable bonds is 4. The molecule has 2 unspecified atom stereocenters. The van der Waals surface area contributed by atoms with E-state index in [1.54, 1.807) is 0 Å². The lowest BCUT2D eigenvalue weighted by Gasteiger charge is -2.24. The first kappa shape index (κ1) is 13.1. The summed E-state index contributed by atoms with van der Waals surface area (Å²) in [5.74, 6) is 0. The molecule has 1 aromatic carbocycles. The summed E-state index contributed by atoms with van der Waals surface area (Å²) in [7, 11) is 0. The summed E-state index contributed by atoms with van der Waals surface area (Å²) in [5, 5.41) is 3.55. The lowest BCUT2D eigenvalue weighted by molar-refractivity contribution is 0.0156. The summed E-state index contributed by atoms with van der Waals surface area (Å²) >= 11 is 3.46. The van der Waals surface area contributed by atoms with E-state index in [4.69, 9.17) is 4.74 Å². The van der Waals surface area contributed by atoms with Gasteiger partial charge in [0.05, 0.1) is 6.10 Å². The Balaban J connectivity index is 1.80. The van der Waals surface area contributed by atoms with Crippen molar-refractivity contribution in [2.75, 3.05) is 13.2 Å². The van der Waals surface area contributed by atoms with Crippen molar-refractivity contribution >= 4 is 15.9 Å². The molecule has 0 amide bonds. The first-order valence-corrected chi connectivity index (χ1v) is 7.15. The van der Waals surface area contributed by atoms with E-state index < -0.39 is 0 Å². The van der Waals surface area contributed by atoms with Gasteiger partial charge in [0, 0.05) is 23.7 Å². The Bertz CT molecular complexity index is 333. The Kier molecular flexibility index (Phi) is 5.01. The summed E-state index contributed by atoms with van der Waals surface area (Å²) in [6.45, 7) is 4.09. The second kappa shape index (κ2) is 6.53. The van der Waals surface area contributed by atoms with E-state index in [-0.39, 0.29) is 0 Å². The fourth-order valence-electron chi connectivity index (χ4n) is 2.15. The molecule has 3 heteroatoms. The number of halogens is 1. The summed E-state index contributed by atoms with van der Waals surface area (Å²) in [4.78, 5) is 0. The van der Waals surface area contributed by atoms with E-state index in [1.165, 1.54) is 24.8 Å². The molecule has 1 aliphatic heterocycles. The predicted octanol–water partition coefficient (Wildman–Crippen LogP) is 3.67. The molecule has 2 rings (SSSR count). The largest absolute Gasteiger partial charge is 0.377 e. The molecule has 0 aromatic heterocycles. The third-order valence-corrected chi connectivity index (χ3v) is 3.82. The van der Waals surface area contributed by atoms with Crippen molar-refractivity contribution < 1.29 is 4.74 Å². The van der Waals surface area contributed by atoms with Gasteiger partial charge >= 0.3 is 0 Å². The fourth-order valence-corrected chi connectivity index (χ4v) is 2.41. The first-order valence-electron chi connectivity index (χ1n) is 6.36. The van der Waals surface area contributed by atoms with Crippen molar-refractivity contribution in [1.82, 2.24) is 5.32 Å². The van der Waals surface area contributed by atoms with Gasteiger partial charge in [0.1, 0.15) is 0 Å². The minimum atomic E-state index is 0.383. The van der Waals surface area contributed by atoms with E-state index in [9.17, 15) is 0 Å². The second-order valence-electron chi connectivity index (χ2n) is 4.67. The molecular formula is C14H20BrNO. The molecule has 0 aliphatic carbocycles. The molecule has 0 bridgehead atoms. The highest BCUT2D eigenvalue weighted by molar-refractivity contribution is 9.10. The maximum absolute atomic E-state index is 5.71. The molecule has 1 N–H and O–H groups in total. The van der Waals surface area contributed by atoms with Crippen molar-refractivity contribution in [2.45, 2.75) is 38.3 Å². The molecule has 0 radical (unpaired) electrons. The van der Waals surface area contributed by atoms with Crippen LogP contribution in [0.4, 0.5) is 0 Å². The minimum Gasteiger partial charge on any atom is -0.377 e. The van der Waals surface area contributed by atoms with Crippen LogP contribution in [0.15, 0.2) is 28.7 Å². The average molecular weight is 298 g/mol. The van der Waals surface area contributed by atoms with Gasteiger partial charge in [-0.15, -0.1) is 0 Å². The number of nitrogens with one attached hydrogen (secondary N) is 1. The summed E-state index contributed by atoms with van der Waals surface area (Å²) in [6.07, 6.45) is 4.12. The molecule has 1 saturated heterocycles. The van der Waals surface area contributed by atoms with Crippen LogP contribution in [0.1, 0.15) is 37.8 Å². The highest BCUT2D eigenvalue weighted by Gasteiger charge is 2.14. The van der Waals surface area contributed by atoms with E-state index in [1.807, 2.05) is 0 Å². The lowest BCUT2D eigenvalue weighted by atomic mass is 10.1. The van der Waals surface area contributed by atoms with Crippen LogP contribution in [0.5, 0.6) is 0 Å². The Hall–Kier alpha value is -0.380. The van der Waals surface area contributed by atoms with Crippen molar-refractivity contribution in [1.29, 1.82) is 0 Å². The van der Waals surface area contributed by atoms with Gasteiger partial charge in [0.25, 0.3) is 0 Å². The smallest absolute Gasteiger partial charge is 0.0699 e. The van der Waals surface area contributed by atoms with Crippen LogP contribution in [0, 0.1) is 0 Å². The van der Waals surface area contributed by atoms with Gasteiger partial charge in [-0.25, -0.2) is 0 Å². The van der Waals surface area contributed by atoms with Crippen LogP contribution in [-0.4, -0.2) is 19.3 Å². The second-order valence-corrected chi connectivity index (χ2v) is 5.59. The highest BCUT2D eigenvalue weighted by atomic mass is 79.9. The minimum absolute atomic E-state index is 0.383. The topological polar surface area (TPSA) is 21.3 Å². The van der Waals surface area contributed by atoms with Gasteiger partial charge in [-0.2, -0.15) is 0 Å². The molecule has 0 saturated carbocycles. The zero-order chi connectivity index (χ0) is 12.1. The van der Waals surface area contributed by atoms with E-state index in [2.05, 4.69) is 52.4 Å². The molecule has 94 valence electrons. The number of hydrogen-bond donors (Lipinski definition) is 1. The summed E-state index contributed by atoms with van der Waals surface area (Å²) in [6, 6.07) is 8.87. The molecular weight excluding hydrogens is 278 g/mol. The van der Waals surface area contributed by atoms with Crippen LogP contribution < -0.4 is 5.32 Å². The number of benzene rings is 1. The fraction of sp³-hybridized carbons (Fsp3) is 0.571. The van der Waals surface area contributed by atoms with Gasteiger partial charge < -0.3 is 10.1 Å². The average Bonchev–Trinajstić information content (AvgIpc) is 2.38. The molecule has 17 heavy (non-hydrogen) atoms. The zero-order valence-electron chi connectivity index (χ0n) is 10.3. The van der Waals surface area contributed by atoms with Crippen LogP contribution in [0.25, 0.3) is 0 Å². The lowest BCUT2D eigenvalue weighted by Crippen LogP contribution is -2.33. The Morgan fingerprint density at radius 3 is 2.76 bits per heavy atom. The van der Waals surface area contributed by atoms with Crippen molar-refractivity contribution in [3.63, 3.8) is 0 Å². The Labute approximate surface area is 112 Å². The molecule has 1 aromatic rings. The maximum atomic E-state index is 5.71. The molecule has 1 heterocycles. The van der Waals surface area contributed by atoms with Crippen molar-refractivity contribution in [3.05, 3.63) is 34.3 Å². The van der Waals surface area contributed by atoms with Gasteiger partial charge in [-0.3, -0.25) is 0 Å². The SMILES string of the molecule is CC(NCC1CCCCO1)c1ccc(Br)cc1. The van der Waals surface area contributed by atoms with E-state index in [0.29, 0.717) is 12.1 Å². The molecule has 2 nitrogen and oxygen atoms in total. The van der Waals surface area contributed by atoms with Gasteiger partial charge in [-0.05, 0) is 43.9 Å². The predicted molar refractivity (Wildman–Crippen MR) is 74.2 cm³/mol. The van der Waals surface area contributed by atoms with Crippen LogP contribution in [0.3, 0.4) is 0 Å². The van der Waals surface area contributed by atoms with Crippen LogP contribution in [-0.2, 0) is 4.74 Å². The molecule has 0 spiro atoms. The van der Waals surface area contributed by atoms with Gasteiger partial charge in [0.15, 0.2) is 0 Å². The summed E-state index contributed by atoms with van der Waals surface area (Å²) in [5.41, 5.74) is 1.32. The van der Waals surface area contributed by atoms with Gasteiger partial charge in [-0.1, -0.05) is 28.1 Å². The molecule has 2 atom stereocenters. The van der Waals surface area contributed by atoms with Crippen molar-refractivity contribution in [2.24, 2.45) is 0 Å². The van der Waals surface area contributed by atoms with Crippen LogP contribution >= 0.6 is 15.9 Å². The third kappa shape index (κ3) is 4.09. The summed E-state index contributed by atoms with van der Waals surface area (Å²) < 4.78 is 6.84. The van der Waals surface area contributed by atoms with E-state index in [0.717, 1.165) is 17.6 Å². The number of ether oxygens (including phenoxy) is 1. The van der Waals surface area contributed by atoms with Gasteiger partial charge in [0.2, 0.25) is 0 Å². The quantitative estimate of drug-likeness (QED) is 0.916. The number of hydrogen-bond acceptors (Lipinski definition) is 2. The standard InChI is InChI=1S/C14H20BrNO/c1-11(12-5-7-13(15)8-6-12)16-10-14-4-2-3-9-17-14/h5-8,11,14,16H,2-4,9-10H2,1H3. The molecule has 1 fully saturated rings. The van der Waals surface area contributed by atoms with E-state index >= 15 is 0 Å². The molecule has 1 aliphatic rings. The monoisotopic (exact) mass is 297 g/mol. The van der Waals surface area contributed by atoms with Crippen LogP contribution in [0.2, 0.25) is 0 Å². The highest BCUT2D eigenvalue weighted by Crippen LogP contribution is 2.17. The Morgan fingerprint density at radius 2 is 2.12 bits per heavy atom. The van der Waals surface area contributed by atoms with Crippen molar-refractivity contribution in [3.8, 4) is 0 Å².